The molecule has 0 bridgehead atoms. The summed E-state index contributed by atoms with van der Waals surface area (Å²) in [5.41, 5.74) is 2.68. The first kappa shape index (κ1) is 44.8. The van der Waals surface area contributed by atoms with E-state index in [0.29, 0.717) is 34.0 Å². The molecule has 2 nitrogen and oxygen atoms in total. The van der Waals surface area contributed by atoms with E-state index in [1.54, 1.807) is 0 Å². The Balaban J connectivity index is -0.000000112. The molecule has 0 aromatic carbocycles. The SMILES string of the molecule is CC(C)(C)[S-].CC(C)(C)[S-].CC(C)P(=[N-])(C(C)C)C(C)C.CC(C)P(=[N-])(C(C)C)C(C)C.[Ti+4]. The van der Waals surface area contributed by atoms with Gasteiger partial charge in [-0.25, -0.2) is 14.1 Å². The van der Waals surface area contributed by atoms with Gasteiger partial charge in [-0.2, -0.15) is 9.49 Å². The smallest absolute Gasteiger partial charge is 0.807 e. The van der Waals surface area contributed by atoms with Crippen molar-refractivity contribution < 1.29 is 21.7 Å². The van der Waals surface area contributed by atoms with Crippen LogP contribution in [0.2, 0.25) is 0 Å². The summed E-state index contributed by atoms with van der Waals surface area (Å²) in [6, 6.07) is 0. The summed E-state index contributed by atoms with van der Waals surface area (Å²) in [5.74, 6) is 0. The second-order valence-corrected chi connectivity index (χ2v) is 24.2. The van der Waals surface area contributed by atoms with Crippen molar-refractivity contribution in [1.29, 1.82) is 0 Å². The van der Waals surface area contributed by atoms with Crippen molar-refractivity contribution >= 4 is 39.4 Å². The molecule has 7 heteroatoms. The van der Waals surface area contributed by atoms with Crippen LogP contribution >= 0.6 is 14.1 Å². The average Bonchev–Trinajstić information content (AvgIpc) is 2.49. The summed E-state index contributed by atoms with van der Waals surface area (Å²) in [4.78, 5) is 0. The molecule has 0 spiro atoms. The topological polar surface area (TPSA) is 44.6 Å². The van der Waals surface area contributed by atoms with Crippen LogP contribution < -0.4 is 0 Å². The van der Waals surface area contributed by atoms with Gasteiger partial charge in [0.05, 0.1) is 0 Å². The fraction of sp³-hybridized carbons (Fsp3) is 1.00. The zero-order valence-corrected chi connectivity index (χ0v) is 30.6. The fourth-order valence-electron chi connectivity index (χ4n) is 3.58. The first-order chi connectivity index (χ1) is 13.7. The molecule has 0 fully saturated rings. The molecule has 0 saturated heterocycles. The Morgan fingerprint density at radius 3 is 0.485 bits per heavy atom. The second-order valence-electron chi connectivity index (χ2n) is 12.4. The zero-order chi connectivity index (χ0) is 27.5. The van der Waals surface area contributed by atoms with Crippen LogP contribution in [0.1, 0.15) is 125 Å². The normalized spacial score (nSPS) is 12.7. The van der Waals surface area contributed by atoms with Crippen molar-refractivity contribution in [2.45, 2.75) is 168 Å². The minimum absolute atomic E-state index is 0. The predicted molar refractivity (Wildman–Crippen MR) is 166 cm³/mol. The van der Waals surface area contributed by atoms with E-state index in [-0.39, 0.29) is 31.2 Å². The van der Waals surface area contributed by atoms with Crippen LogP contribution in [0, 0.1) is 0 Å². The van der Waals surface area contributed by atoms with Gasteiger partial charge in [0.1, 0.15) is 0 Å². The van der Waals surface area contributed by atoms with E-state index < -0.39 is 14.1 Å². The molecule has 33 heavy (non-hydrogen) atoms. The largest absolute Gasteiger partial charge is 4.00 e. The number of nitrogens with zero attached hydrogens (tertiary/aromatic N) is 2. The van der Waals surface area contributed by atoms with Gasteiger partial charge < -0.3 is 35.6 Å². The van der Waals surface area contributed by atoms with Gasteiger partial charge in [-0.1, -0.05) is 125 Å². The van der Waals surface area contributed by atoms with Crippen LogP contribution in [-0.2, 0) is 47.0 Å². The maximum absolute atomic E-state index is 10.4. The third-order valence-corrected chi connectivity index (χ3v) is 14.9. The summed E-state index contributed by atoms with van der Waals surface area (Å²) in [7, 11) is -3.37. The number of hydrogen-bond acceptors (Lipinski definition) is 2. The Morgan fingerprint density at radius 2 is 0.485 bits per heavy atom. The van der Waals surface area contributed by atoms with Crippen LogP contribution in [0.15, 0.2) is 0 Å². The zero-order valence-electron chi connectivity index (χ0n) is 25.6. The Hall–Kier alpha value is 1.87. The minimum atomic E-state index is -1.69. The predicted octanol–water partition coefficient (Wildman–Crippen LogP) is 10.6. The van der Waals surface area contributed by atoms with Gasteiger partial charge in [0.25, 0.3) is 0 Å². The van der Waals surface area contributed by atoms with Crippen molar-refractivity contribution in [2.24, 2.45) is 0 Å². The molecule has 0 aromatic heterocycles. The third kappa shape index (κ3) is 24.0. The van der Waals surface area contributed by atoms with E-state index in [1.165, 1.54) is 0 Å². The molecular formula is C26H60N2P2S2Ti. The summed E-state index contributed by atoms with van der Waals surface area (Å²) in [6.07, 6.45) is 0. The first-order valence-corrected chi connectivity index (χ1v) is 17.0. The maximum atomic E-state index is 10.4. The van der Waals surface area contributed by atoms with Crippen molar-refractivity contribution in [2.75, 3.05) is 0 Å². The van der Waals surface area contributed by atoms with Crippen molar-refractivity contribution in [3.05, 3.63) is 10.3 Å². The van der Waals surface area contributed by atoms with E-state index in [1.807, 2.05) is 41.5 Å². The fourth-order valence-corrected chi connectivity index (χ4v) is 10.7. The van der Waals surface area contributed by atoms with Crippen LogP contribution in [0.5, 0.6) is 0 Å². The first-order valence-electron chi connectivity index (χ1n) is 12.3. The Bertz CT molecular complexity index is 441. The molecule has 0 amide bonds. The van der Waals surface area contributed by atoms with E-state index in [0.717, 1.165) is 0 Å². The molecular weight excluding hydrogens is 514 g/mol. The van der Waals surface area contributed by atoms with E-state index in [2.05, 4.69) is 83.1 Å². The van der Waals surface area contributed by atoms with E-state index >= 15 is 0 Å². The molecule has 0 aromatic rings. The number of hydrogen-bond donors (Lipinski definition) is 0. The molecule has 0 heterocycles. The van der Waals surface area contributed by atoms with Gasteiger partial charge in [-0.05, 0) is 34.0 Å². The molecule has 0 unspecified atom stereocenters. The maximum Gasteiger partial charge on any atom is 4.00 e. The monoisotopic (exact) mass is 574 g/mol. The van der Waals surface area contributed by atoms with Crippen LogP contribution in [0.4, 0.5) is 0 Å². The van der Waals surface area contributed by atoms with Gasteiger partial charge in [-0.15, -0.1) is 0 Å². The van der Waals surface area contributed by atoms with Crippen molar-refractivity contribution in [3.63, 3.8) is 0 Å². The number of rotatable bonds is 6. The Labute approximate surface area is 238 Å². The Morgan fingerprint density at radius 1 is 0.424 bits per heavy atom. The second kappa shape index (κ2) is 19.0. The van der Waals surface area contributed by atoms with Crippen molar-refractivity contribution in [1.82, 2.24) is 0 Å². The van der Waals surface area contributed by atoms with Gasteiger partial charge in [-0.3, -0.25) is 0 Å². The molecule has 0 N–H and O–H groups in total. The minimum Gasteiger partial charge on any atom is -0.807 e. The summed E-state index contributed by atoms with van der Waals surface area (Å²) in [6.45, 7) is 37.6. The van der Waals surface area contributed by atoms with Crippen LogP contribution in [0.25, 0.3) is 10.3 Å². The molecule has 0 saturated carbocycles. The standard InChI is InChI=1S/2C9H21NP.2C4H10S.Ti/c2*1-7(2)11(10,8(3)4)9(5)6;2*1-4(2,3)5;/h2*7-9H,1-6H3;2*5H,1-3H3;/q2*-1;;;+4/p-2. The molecule has 0 rings (SSSR count). The van der Waals surface area contributed by atoms with Gasteiger partial charge >= 0.3 is 21.7 Å². The van der Waals surface area contributed by atoms with Crippen molar-refractivity contribution in [3.8, 4) is 0 Å². The van der Waals surface area contributed by atoms with Gasteiger partial charge in [0.2, 0.25) is 0 Å². The molecule has 0 aliphatic rings. The van der Waals surface area contributed by atoms with Gasteiger partial charge in [0.15, 0.2) is 0 Å². The molecule has 0 aliphatic heterocycles. The van der Waals surface area contributed by atoms with Gasteiger partial charge in [0, 0.05) is 0 Å². The van der Waals surface area contributed by atoms with E-state index in [4.69, 9.17) is 25.3 Å². The Kier molecular flexibility index (Phi) is 25.8. The molecule has 0 radical (unpaired) electrons. The molecule has 0 aliphatic carbocycles. The molecule has 200 valence electrons. The quantitative estimate of drug-likeness (QED) is 0.180. The van der Waals surface area contributed by atoms with E-state index in [9.17, 15) is 10.3 Å². The van der Waals surface area contributed by atoms with Crippen LogP contribution in [0.3, 0.4) is 0 Å². The summed E-state index contributed by atoms with van der Waals surface area (Å²) < 4.78 is 0.167. The summed E-state index contributed by atoms with van der Waals surface area (Å²) in [5, 5.41) is 20.7. The summed E-state index contributed by atoms with van der Waals surface area (Å²) >= 11 is 9.65. The van der Waals surface area contributed by atoms with Crippen LogP contribution in [-0.4, -0.2) is 43.4 Å². The molecule has 0 atom stereocenters. The third-order valence-electron chi connectivity index (χ3n) is 4.96. The average molecular weight is 575 g/mol.